The number of H-pyrrole nitrogens is 1. The summed E-state index contributed by atoms with van der Waals surface area (Å²) >= 11 is 0. The highest BCUT2D eigenvalue weighted by atomic mass is 19.1. The van der Waals surface area contributed by atoms with Crippen molar-refractivity contribution in [3.63, 3.8) is 0 Å². The van der Waals surface area contributed by atoms with Crippen molar-refractivity contribution in [3.8, 4) is 0 Å². The van der Waals surface area contributed by atoms with Crippen molar-refractivity contribution in [1.82, 2.24) is 15.3 Å². The Kier molecular flexibility index (Phi) is 7.50. The predicted octanol–water partition coefficient (Wildman–Crippen LogP) is 3.97. The van der Waals surface area contributed by atoms with Gasteiger partial charge in [0.15, 0.2) is 5.82 Å². The third-order valence-electron chi connectivity index (χ3n) is 5.69. The van der Waals surface area contributed by atoms with Crippen molar-refractivity contribution in [1.29, 1.82) is 0 Å². The number of halogens is 1. The molecule has 4 rings (SSSR count). The number of carboxylic acid groups (broad SMARTS) is 1. The maximum absolute atomic E-state index is 14.6. The van der Waals surface area contributed by atoms with Gasteiger partial charge in [-0.3, -0.25) is 9.59 Å². The van der Waals surface area contributed by atoms with Crippen LogP contribution in [0.5, 0.6) is 0 Å². The first kappa shape index (κ1) is 24.7. The number of nitrogens with zero attached hydrogens (tertiary/aromatic N) is 1. The Hall–Kier alpha value is -4.37. The molecular formula is C27H24FN3O5. The number of hydrogen-bond acceptors (Lipinski definition) is 5. The van der Waals surface area contributed by atoms with Crippen molar-refractivity contribution in [3.05, 3.63) is 110 Å². The van der Waals surface area contributed by atoms with Gasteiger partial charge in [0, 0.05) is 6.54 Å². The molecule has 0 bridgehead atoms. The summed E-state index contributed by atoms with van der Waals surface area (Å²) in [6, 6.07) is 16.6. The van der Waals surface area contributed by atoms with Gasteiger partial charge in [0.05, 0.1) is 24.2 Å². The molecule has 0 unspecified atom stereocenters. The van der Waals surface area contributed by atoms with Crippen LogP contribution >= 0.6 is 0 Å². The van der Waals surface area contributed by atoms with Crippen molar-refractivity contribution in [2.75, 3.05) is 0 Å². The molecule has 0 spiro atoms. The molecule has 0 fully saturated rings. The van der Waals surface area contributed by atoms with Gasteiger partial charge in [-0.25, -0.2) is 14.2 Å². The largest absolute Gasteiger partial charge is 0.478 e. The fraction of sp³-hybridized carbons (Fsp3) is 0.185. The minimum atomic E-state index is -1.02. The van der Waals surface area contributed by atoms with E-state index in [0.717, 1.165) is 23.1 Å². The summed E-state index contributed by atoms with van der Waals surface area (Å²) in [7, 11) is 0. The molecule has 184 valence electrons. The molecule has 0 atom stereocenters. The van der Waals surface area contributed by atoms with E-state index in [1.807, 2.05) is 31.2 Å². The van der Waals surface area contributed by atoms with Crippen molar-refractivity contribution in [2.45, 2.75) is 33.1 Å². The number of carboxylic acids is 1. The number of amides is 1. The first-order chi connectivity index (χ1) is 17.4. The minimum absolute atomic E-state index is 0.00317. The summed E-state index contributed by atoms with van der Waals surface area (Å²) in [4.78, 5) is 42.9. The molecule has 1 amide bonds. The Morgan fingerprint density at radius 1 is 1.03 bits per heavy atom. The minimum Gasteiger partial charge on any atom is -0.478 e. The summed E-state index contributed by atoms with van der Waals surface area (Å²) in [6.07, 6.45) is 0.865. The van der Waals surface area contributed by atoms with Crippen molar-refractivity contribution >= 4 is 22.8 Å². The van der Waals surface area contributed by atoms with E-state index in [1.54, 1.807) is 12.1 Å². The summed E-state index contributed by atoms with van der Waals surface area (Å²) in [6.45, 7) is 2.41. The molecule has 0 radical (unpaired) electrons. The zero-order chi connectivity index (χ0) is 25.7. The topological polar surface area (TPSA) is 121 Å². The third-order valence-corrected chi connectivity index (χ3v) is 5.69. The smallest absolute Gasteiger partial charge is 0.335 e. The number of fused-ring (bicyclic) bond motifs is 1. The van der Waals surface area contributed by atoms with E-state index < -0.39 is 23.3 Å². The SMILES string of the molecule is CCc1cccc(CNC(=O)c2nc3c(F)ccc(COCc4ccc(C(=O)O)cc4)c3c(=O)[nH]2)c1. The molecule has 36 heavy (non-hydrogen) atoms. The molecule has 1 heterocycles. The summed E-state index contributed by atoms with van der Waals surface area (Å²) in [5, 5.41) is 11.7. The average Bonchev–Trinajstić information content (AvgIpc) is 2.89. The lowest BCUT2D eigenvalue weighted by atomic mass is 10.1. The number of hydrogen-bond donors (Lipinski definition) is 3. The highest BCUT2D eigenvalue weighted by Crippen LogP contribution is 2.19. The van der Waals surface area contributed by atoms with E-state index in [4.69, 9.17) is 9.84 Å². The van der Waals surface area contributed by atoms with E-state index in [1.165, 1.54) is 24.3 Å². The second-order valence-electron chi connectivity index (χ2n) is 8.20. The number of aryl methyl sites for hydroxylation is 1. The van der Waals surface area contributed by atoms with Gasteiger partial charge in [-0.2, -0.15) is 0 Å². The first-order valence-electron chi connectivity index (χ1n) is 11.3. The number of aromatic carboxylic acids is 1. The summed E-state index contributed by atoms with van der Waals surface area (Å²) in [5.41, 5.74) is 2.47. The molecule has 4 aromatic rings. The molecule has 0 saturated heterocycles. The lowest BCUT2D eigenvalue weighted by molar-refractivity contribution is 0.0696. The lowest BCUT2D eigenvalue weighted by Gasteiger charge is -2.10. The van der Waals surface area contributed by atoms with E-state index in [2.05, 4.69) is 15.3 Å². The van der Waals surface area contributed by atoms with Crippen molar-refractivity contribution < 1.29 is 23.8 Å². The van der Waals surface area contributed by atoms with Crippen LogP contribution in [0.3, 0.4) is 0 Å². The monoisotopic (exact) mass is 489 g/mol. The number of benzene rings is 3. The fourth-order valence-electron chi connectivity index (χ4n) is 3.76. The first-order valence-corrected chi connectivity index (χ1v) is 11.3. The van der Waals surface area contributed by atoms with E-state index in [9.17, 15) is 18.8 Å². The van der Waals surface area contributed by atoms with Crippen LogP contribution in [-0.2, 0) is 30.9 Å². The Bertz CT molecular complexity index is 1480. The molecule has 8 nitrogen and oxygen atoms in total. The molecule has 3 N–H and O–H groups in total. The number of carbonyl (C=O) groups is 2. The van der Waals surface area contributed by atoms with Crippen LogP contribution < -0.4 is 10.9 Å². The standard InChI is InChI=1S/C27H24FN3O5/c1-2-16-4-3-5-18(12-16)13-29-26(33)24-30-23-21(28)11-10-20(22(23)25(32)31-24)15-36-14-17-6-8-19(9-7-17)27(34)35/h3-12H,2,13-15H2,1H3,(H,29,33)(H,34,35)(H,30,31,32). The van der Waals surface area contributed by atoms with Gasteiger partial charge in [0.1, 0.15) is 11.3 Å². The molecule has 0 aliphatic heterocycles. The molecule has 9 heteroatoms. The summed E-state index contributed by atoms with van der Waals surface area (Å²) < 4.78 is 20.2. The Labute approximate surface area is 205 Å². The maximum Gasteiger partial charge on any atom is 0.335 e. The van der Waals surface area contributed by atoms with Crippen LogP contribution in [0.2, 0.25) is 0 Å². The molecule has 0 aliphatic rings. The third kappa shape index (κ3) is 5.64. The van der Waals surface area contributed by atoms with Crippen molar-refractivity contribution in [2.24, 2.45) is 0 Å². The molecule has 3 aromatic carbocycles. The molecular weight excluding hydrogens is 465 g/mol. The Balaban J connectivity index is 1.49. The quantitative estimate of drug-likeness (QED) is 0.327. The predicted molar refractivity (Wildman–Crippen MR) is 131 cm³/mol. The van der Waals surface area contributed by atoms with Gasteiger partial charge in [-0.15, -0.1) is 0 Å². The normalized spacial score (nSPS) is 10.9. The fourth-order valence-corrected chi connectivity index (χ4v) is 3.76. The number of carbonyl (C=O) groups excluding carboxylic acids is 1. The van der Waals surface area contributed by atoms with Crippen LogP contribution in [0.15, 0.2) is 65.5 Å². The van der Waals surface area contributed by atoms with E-state index in [0.29, 0.717) is 5.56 Å². The second-order valence-corrected chi connectivity index (χ2v) is 8.20. The highest BCUT2D eigenvalue weighted by molar-refractivity contribution is 5.93. The number of aromatic amines is 1. The van der Waals surface area contributed by atoms with Gasteiger partial charge in [-0.05, 0) is 46.9 Å². The van der Waals surface area contributed by atoms with Crippen LogP contribution in [0, 0.1) is 5.82 Å². The number of aromatic nitrogens is 2. The van der Waals surface area contributed by atoms with Gasteiger partial charge in [-0.1, -0.05) is 49.4 Å². The molecule has 0 saturated carbocycles. The second kappa shape index (κ2) is 10.9. The zero-order valence-corrected chi connectivity index (χ0v) is 19.5. The maximum atomic E-state index is 14.6. The van der Waals surface area contributed by atoms with E-state index in [-0.39, 0.29) is 42.0 Å². The van der Waals surface area contributed by atoms with Crippen LogP contribution in [0.25, 0.3) is 10.9 Å². The van der Waals surface area contributed by atoms with Crippen LogP contribution in [0.4, 0.5) is 4.39 Å². The van der Waals surface area contributed by atoms with E-state index >= 15 is 0 Å². The van der Waals surface area contributed by atoms with Crippen LogP contribution in [-0.4, -0.2) is 27.0 Å². The van der Waals surface area contributed by atoms with Gasteiger partial charge >= 0.3 is 5.97 Å². The number of ether oxygens (including phenoxy) is 1. The number of nitrogens with one attached hydrogen (secondary N) is 2. The lowest BCUT2D eigenvalue weighted by Crippen LogP contribution is -2.28. The zero-order valence-electron chi connectivity index (χ0n) is 19.5. The Morgan fingerprint density at radius 3 is 2.50 bits per heavy atom. The molecule has 0 aliphatic carbocycles. The van der Waals surface area contributed by atoms with Crippen LogP contribution in [0.1, 0.15) is 50.2 Å². The van der Waals surface area contributed by atoms with Gasteiger partial charge < -0.3 is 20.1 Å². The average molecular weight is 490 g/mol. The Morgan fingerprint density at radius 2 is 1.78 bits per heavy atom. The highest BCUT2D eigenvalue weighted by Gasteiger charge is 2.17. The van der Waals surface area contributed by atoms with Gasteiger partial charge in [0.25, 0.3) is 11.5 Å². The summed E-state index contributed by atoms with van der Waals surface area (Å²) in [5.74, 6) is -2.66. The molecule has 1 aromatic heterocycles. The van der Waals surface area contributed by atoms with Gasteiger partial charge in [0.2, 0.25) is 0 Å². The number of rotatable bonds is 9.